The Kier molecular flexibility index (Phi) is 4.77. The summed E-state index contributed by atoms with van der Waals surface area (Å²) in [6, 6.07) is 7.04. The fourth-order valence-corrected chi connectivity index (χ4v) is 5.53. The molecule has 1 N–H and O–H groups in total. The Balaban J connectivity index is 1.92. The van der Waals surface area contributed by atoms with Gasteiger partial charge in [0.25, 0.3) is 0 Å². The first-order chi connectivity index (χ1) is 12.1. The van der Waals surface area contributed by atoms with E-state index in [1.165, 1.54) is 0 Å². The van der Waals surface area contributed by atoms with Crippen molar-refractivity contribution in [2.45, 2.75) is 52.4 Å². The number of benzene rings is 1. The Labute approximate surface area is 157 Å². The Morgan fingerprint density at radius 1 is 1.15 bits per heavy atom. The van der Waals surface area contributed by atoms with E-state index < -0.39 is 14.6 Å². The Hall–Kier alpha value is -1.66. The summed E-state index contributed by atoms with van der Waals surface area (Å²) in [6.45, 7) is 12.8. The number of hydrogen-bond acceptors (Lipinski definition) is 4. The average Bonchev–Trinajstić information content (AvgIpc) is 2.52. The van der Waals surface area contributed by atoms with Crippen molar-refractivity contribution >= 4 is 20.7 Å². The lowest BCUT2D eigenvalue weighted by Crippen LogP contribution is -2.73. The molecule has 1 fully saturated rings. The molecule has 2 aliphatic rings. The monoisotopic (exact) mass is 375 g/mol. The molecule has 5 nitrogen and oxygen atoms in total. The van der Waals surface area contributed by atoms with Gasteiger partial charge in [-0.3, -0.25) is 9.59 Å². The van der Waals surface area contributed by atoms with Gasteiger partial charge in [0.1, 0.15) is 12.4 Å². The van der Waals surface area contributed by atoms with Gasteiger partial charge >= 0.3 is 0 Å². The number of para-hydroxylation sites is 1. The van der Waals surface area contributed by atoms with Crippen molar-refractivity contribution in [1.82, 2.24) is 5.32 Å². The summed E-state index contributed by atoms with van der Waals surface area (Å²) in [6.07, 6.45) is 0. The minimum absolute atomic E-state index is 0.0336. The van der Waals surface area contributed by atoms with Crippen LogP contribution in [0.15, 0.2) is 24.3 Å². The van der Waals surface area contributed by atoms with Crippen LogP contribution in [0.2, 0.25) is 13.1 Å². The molecule has 2 aliphatic heterocycles. The second-order valence-corrected chi connectivity index (χ2v) is 11.1. The van der Waals surface area contributed by atoms with Crippen LogP contribution in [0.1, 0.15) is 38.1 Å². The normalized spacial score (nSPS) is 27.9. The summed E-state index contributed by atoms with van der Waals surface area (Å²) in [5, 5.41) is 2.97. The SMILES string of the molecule is C[SiH](C)O[C@](C)([C@H]1C(=O)N[C@@H]1[C@@H]1COc2ccccc2C1=O)C(C)(C)C. The summed E-state index contributed by atoms with van der Waals surface area (Å²) in [7, 11) is -1.39. The number of amides is 1. The van der Waals surface area contributed by atoms with Gasteiger partial charge in [-0.15, -0.1) is 0 Å². The van der Waals surface area contributed by atoms with E-state index in [1.54, 1.807) is 6.07 Å². The van der Waals surface area contributed by atoms with E-state index >= 15 is 0 Å². The van der Waals surface area contributed by atoms with E-state index in [1.807, 2.05) is 25.1 Å². The molecule has 0 radical (unpaired) electrons. The Morgan fingerprint density at radius 2 is 1.81 bits per heavy atom. The van der Waals surface area contributed by atoms with E-state index in [2.05, 4.69) is 39.2 Å². The molecule has 4 atom stereocenters. The van der Waals surface area contributed by atoms with Crippen molar-refractivity contribution in [3.8, 4) is 5.75 Å². The molecule has 1 aromatic rings. The predicted octanol–water partition coefficient (Wildman–Crippen LogP) is 2.80. The third kappa shape index (κ3) is 2.99. The number of ether oxygens (including phenoxy) is 1. The molecule has 1 amide bonds. The molecule has 0 unspecified atom stereocenters. The number of β-lactam (4-membered cyclic amide) rings is 1. The van der Waals surface area contributed by atoms with Crippen LogP contribution < -0.4 is 10.1 Å². The van der Waals surface area contributed by atoms with Gasteiger partial charge < -0.3 is 14.5 Å². The van der Waals surface area contributed by atoms with Gasteiger partial charge in [0.05, 0.1) is 29.0 Å². The molecule has 3 rings (SSSR count). The number of carbonyl (C=O) groups is 2. The fourth-order valence-electron chi connectivity index (χ4n) is 4.05. The van der Waals surface area contributed by atoms with Crippen LogP contribution in [-0.4, -0.2) is 39.0 Å². The molecule has 26 heavy (non-hydrogen) atoms. The van der Waals surface area contributed by atoms with Crippen molar-refractivity contribution in [3.05, 3.63) is 29.8 Å². The first-order valence-corrected chi connectivity index (χ1v) is 12.1. The van der Waals surface area contributed by atoms with Gasteiger partial charge in [0.2, 0.25) is 5.91 Å². The van der Waals surface area contributed by atoms with Crippen LogP contribution in [-0.2, 0) is 9.22 Å². The highest BCUT2D eigenvalue weighted by Gasteiger charge is 2.60. The van der Waals surface area contributed by atoms with Crippen LogP contribution in [0.4, 0.5) is 0 Å². The molecule has 1 aromatic carbocycles. The van der Waals surface area contributed by atoms with Gasteiger partial charge in [-0.05, 0) is 37.6 Å². The molecule has 142 valence electrons. The number of carbonyl (C=O) groups excluding carboxylic acids is 2. The molecule has 6 heteroatoms. The van der Waals surface area contributed by atoms with Crippen LogP contribution >= 0.6 is 0 Å². The van der Waals surface area contributed by atoms with E-state index in [9.17, 15) is 9.59 Å². The minimum atomic E-state index is -1.39. The van der Waals surface area contributed by atoms with Gasteiger partial charge in [0.15, 0.2) is 14.8 Å². The number of hydrogen-bond donors (Lipinski definition) is 1. The zero-order chi connectivity index (χ0) is 19.3. The molecule has 0 aliphatic carbocycles. The molecule has 0 bridgehead atoms. The maximum absolute atomic E-state index is 13.0. The summed E-state index contributed by atoms with van der Waals surface area (Å²) in [4.78, 5) is 25.6. The van der Waals surface area contributed by atoms with Crippen LogP contribution in [0.3, 0.4) is 0 Å². The van der Waals surface area contributed by atoms with E-state index in [4.69, 9.17) is 9.16 Å². The number of Topliss-reactive ketones (excluding diaryl/α,β-unsaturated/α-hetero) is 1. The maximum atomic E-state index is 13.0. The lowest BCUT2D eigenvalue weighted by Gasteiger charge is -2.56. The molecular formula is C20H29NO4Si. The average molecular weight is 376 g/mol. The molecular weight excluding hydrogens is 346 g/mol. The van der Waals surface area contributed by atoms with Crippen molar-refractivity contribution in [1.29, 1.82) is 0 Å². The predicted molar refractivity (Wildman–Crippen MR) is 103 cm³/mol. The molecule has 2 heterocycles. The Morgan fingerprint density at radius 3 is 2.38 bits per heavy atom. The molecule has 0 spiro atoms. The third-order valence-electron chi connectivity index (χ3n) is 5.85. The quantitative estimate of drug-likeness (QED) is 0.649. The minimum Gasteiger partial charge on any atom is -0.492 e. The van der Waals surface area contributed by atoms with Crippen LogP contribution in [0.5, 0.6) is 5.75 Å². The second-order valence-electron chi connectivity index (χ2n) is 8.81. The van der Waals surface area contributed by atoms with Crippen molar-refractivity contribution in [2.75, 3.05) is 6.61 Å². The summed E-state index contributed by atoms with van der Waals surface area (Å²) in [5.41, 5.74) is -0.265. The standard InChI is InChI=1S/C20H29NO4Si/c1-19(2,3)20(4,25-26(5)6)15-16(21-18(15)23)13-11-24-14-10-8-7-9-12(14)17(13)22/h7-10,13,15-16,26H,11H2,1-6H3,(H,21,23)/t13-,15+,16+,20+/m0/s1. The van der Waals surface area contributed by atoms with Gasteiger partial charge in [-0.25, -0.2) is 0 Å². The first-order valence-electron chi connectivity index (χ1n) is 9.30. The maximum Gasteiger partial charge on any atom is 0.228 e. The number of nitrogens with one attached hydrogen (secondary N) is 1. The highest BCUT2D eigenvalue weighted by molar-refractivity contribution is 6.48. The number of rotatable bonds is 4. The topological polar surface area (TPSA) is 64.6 Å². The van der Waals surface area contributed by atoms with Crippen molar-refractivity contribution in [2.24, 2.45) is 17.3 Å². The lowest BCUT2D eigenvalue weighted by atomic mass is 9.61. The zero-order valence-corrected chi connectivity index (χ0v) is 17.6. The second kappa shape index (κ2) is 6.50. The van der Waals surface area contributed by atoms with Crippen molar-refractivity contribution in [3.63, 3.8) is 0 Å². The fraction of sp³-hybridized carbons (Fsp3) is 0.600. The van der Waals surface area contributed by atoms with Gasteiger partial charge in [-0.1, -0.05) is 32.9 Å². The van der Waals surface area contributed by atoms with Gasteiger partial charge in [0, 0.05) is 0 Å². The van der Waals surface area contributed by atoms with Crippen LogP contribution in [0.25, 0.3) is 0 Å². The number of fused-ring (bicyclic) bond motifs is 1. The molecule has 0 saturated carbocycles. The van der Waals surface area contributed by atoms with Crippen LogP contribution in [0, 0.1) is 17.3 Å². The largest absolute Gasteiger partial charge is 0.492 e. The highest BCUT2D eigenvalue weighted by atomic mass is 28.3. The van der Waals surface area contributed by atoms with E-state index in [0.717, 1.165) is 0 Å². The molecule has 1 saturated heterocycles. The van der Waals surface area contributed by atoms with E-state index in [0.29, 0.717) is 11.3 Å². The zero-order valence-electron chi connectivity index (χ0n) is 16.5. The van der Waals surface area contributed by atoms with E-state index in [-0.39, 0.29) is 41.6 Å². The third-order valence-corrected chi connectivity index (χ3v) is 6.82. The summed E-state index contributed by atoms with van der Waals surface area (Å²) in [5.74, 6) is -0.110. The lowest BCUT2D eigenvalue weighted by molar-refractivity contribution is -0.162. The Bertz CT molecular complexity index is 727. The smallest absolute Gasteiger partial charge is 0.228 e. The molecule has 0 aromatic heterocycles. The highest BCUT2D eigenvalue weighted by Crippen LogP contribution is 2.47. The number of ketones is 1. The summed E-state index contributed by atoms with van der Waals surface area (Å²) < 4.78 is 12.3. The summed E-state index contributed by atoms with van der Waals surface area (Å²) >= 11 is 0. The van der Waals surface area contributed by atoms with Crippen molar-refractivity contribution < 1.29 is 18.8 Å². The van der Waals surface area contributed by atoms with Gasteiger partial charge in [-0.2, -0.15) is 0 Å². The first kappa shape index (κ1) is 19.1.